The molecule has 0 radical (unpaired) electrons. The zero-order valence-corrected chi connectivity index (χ0v) is 22.3. The van der Waals surface area contributed by atoms with Crippen LogP contribution in [0.3, 0.4) is 0 Å². The molecule has 1 saturated heterocycles. The molecule has 0 aliphatic carbocycles. The number of hydrogen-bond acceptors (Lipinski definition) is 5. The summed E-state index contributed by atoms with van der Waals surface area (Å²) < 4.78 is 5.55. The number of amides is 2. The number of carbonyl (C=O) groups excluding carboxylic acids is 2. The van der Waals surface area contributed by atoms with Crippen LogP contribution < -0.4 is 25.2 Å². The van der Waals surface area contributed by atoms with Crippen LogP contribution in [0, 0.1) is 0 Å². The van der Waals surface area contributed by atoms with E-state index in [2.05, 4.69) is 26.5 Å². The lowest BCUT2D eigenvalue weighted by Gasteiger charge is -2.38. The molecule has 7 heteroatoms. The van der Waals surface area contributed by atoms with Crippen molar-refractivity contribution in [3.05, 3.63) is 90.0 Å². The first-order chi connectivity index (χ1) is 18.5. The monoisotopic (exact) mass is 512 g/mol. The summed E-state index contributed by atoms with van der Waals surface area (Å²) in [5, 5.41) is 5.98. The second-order valence-electron chi connectivity index (χ2n) is 9.39. The van der Waals surface area contributed by atoms with E-state index in [1.54, 1.807) is 19.3 Å². The van der Waals surface area contributed by atoms with Crippen LogP contribution in [0.15, 0.2) is 78.9 Å². The van der Waals surface area contributed by atoms with E-state index < -0.39 is 0 Å². The Labute approximate surface area is 225 Å². The number of nitrogens with zero attached hydrogens (tertiary/aromatic N) is 2. The van der Waals surface area contributed by atoms with Crippen molar-refractivity contribution in [3.63, 3.8) is 0 Å². The summed E-state index contributed by atoms with van der Waals surface area (Å²) in [6.07, 6.45) is 4.10. The summed E-state index contributed by atoms with van der Waals surface area (Å²) in [5.41, 5.74) is 4.02. The van der Waals surface area contributed by atoms with E-state index in [0.29, 0.717) is 11.3 Å². The number of anilines is 3. The van der Waals surface area contributed by atoms with Crippen LogP contribution in [0.5, 0.6) is 5.75 Å². The van der Waals surface area contributed by atoms with Crippen LogP contribution >= 0.6 is 0 Å². The van der Waals surface area contributed by atoms with Gasteiger partial charge >= 0.3 is 0 Å². The van der Waals surface area contributed by atoms with E-state index in [4.69, 9.17) is 4.74 Å². The maximum atomic E-state index is 13.3. The number of nitrogens with one attached hydrogen (secondary N) is 2. The van der Waals surface area contributed by atoms with Gasteiger partial charge in [0.05, 0.1) is 18.4 Å². The number of methoxy groups -OCH3 is 1. The second kappa shape index (κ2) is 12.8. The maximum absolute atomic E-state index is 13.3. The first kappa shape index (κ1) is 26.8. The Bertz CT molecular complexity index is 1270. The Morgan fingerprint density at radius 2 is 1.58 bits per heavy atom. The summed E-state index contributed by atoms with van der Waals surface area (Å²) in [4.78, 5) is 30.4. The Morgan fingerprint density at radius 1 is 0.921 bits per heavy atom. The van der Waals surface area contributed by atoms with Gasteiger partial charge in [-0.15, -0.1) is 0 Å². The van der Waals surface area contributed by atoms with Crippen molar-refractivity contribution in [2.24, 2.45) is 0 Å². The molecule has 7 nitrogen and oxygen atoms in total. The van der Waals surface area contributed by atoms with Gasteiger partial charge in [-0.1, -0.05) is 49.4 Å². The standard InChI is InChI=1S/C31H36N4O3/c1-4-23(2)32-31(37)26-22-25(33-30(36)17-14-24-10-6-5-7-11-24)15-16-27(26)34-18-20-35(21-19-34)28-12-8-9-13-29(28)38-3/h5-17,22-23H,4,18-21H2,1-3H3,(H,32,37)(H,33,36)/b17-14+/t23-/m1/s1. The van der Waals surface area contributed by atoms with Crippen LogP contribution in [-0.4, -0.2) is 51.1 Å². The largest absolute Gasteiger partial charge is 0.495 e. The van der Waals surface area contributed by atoms with Crippen molar-refractivity contribution >= 4 is 35.0 Å². The predicted molar refractivity (Wildman–Crippen MR) is 155 cm³/mol. The fourth-order valence-corrected chi connectivity index (χ4v) is 4.47. The molecular formula is C31H36N4O3. The lowest BCUT2D eigenvalue weighted by molar-refractivity contribution is -0.111. The molecule has 38 heavy (non-hydrogen) atoms. The molecule has 0 saturated carbocycles. The Balaban J connectivity index is 1.51. The van der Waals surface area contributed by atoms with Crippen molar-refractivity contribution in [1.29, 1.82) is 0 Å². The zero-order chi connectivity index (χ0) is 26.9. The Hall–Kier alpha value is -4.26. The molecule has 0 aromatic heterocycles. The van der Waals surface area contributed by atoms with E-state index in [-0.39, 0.29) is 17.9 Å². The van der Waals surface area contributed by atoms with Crippen molar-refractivity contribution in [3.8, 4) is 5.75 Å². The average Bonchev–Trinajstić information content (AvgIpc) is 2.96. The second-order valence-corrected chi connectivity index (χ2v) is 9.39. The highest BCUT2D eigenvalue weighted by Crippen LogP contribution is 2.31. The normalized spacial score (nSPS) is 14.3. The molecule has 3 aromatic rings. The summed E-state index contributed by atoms with van der Waals surface area (Å²) in [5.74, 6) is 0.466. The molecule has 2 amide bonds. The molecule has 0 unspecified atom stereocenters. The summed E-state index contributed by atoms with van der Waals surface area (Å²) in [7, 11) is 1.69. The summed E-state index contributed by atoms with van der Waals surface area (Å²) in [6, 6.07) is 23.3. The van der Waals surface area contributed by atoms with Crippen LogP contribution in [0.4, 0.5) is 17.1 Å². The molecule has 1 aliphatic heterocycles. The SMILES string of the molecule is CC[C@@H](C)NC(=O)c1cc(NC(=O)/C=C/c2ccccc2)ccc1N1CCN(c2ccccc2OC)CC1. The zero-order valence-electron chi connectivity index (χ0n) is 22.3. The number of hydrogen-bond donors (Lipinski definition) is 2. The highest BCUT2D eigenvalue weighted by atomic mass is 16.5. The van der Waals surface area contributed by atoms with E-state index in [0.717, 1.165) is 55.3 Å². The molecule has 2 N–H and O–H groups in total. The molecular weight excluding hydrogens is 476 g/mol. The van der Waals surface area contributed by atoms with Crippen molar-refractivity contribution < 1.29 is 14.3 Å². The molecule has 198 valence electrons. The van der Waals surface area contributed by atoms with Gasteiger partial charge in [0, 0.05) is 49.7 Å². The van der Waals surface area contributed by atoms with E-state index in [1.165, 1.54) is 6.08 Å². The molecule has 4 rings (SSSR count). The van der Waals surface area contributed by atoms with Crippen molar-refractivity contribution in [2.75, 3.05) is 48.4 Å². The van der Waals surface area contributed by atoms with E-state index in [9.17, 15) is 9.59 Å². The minimum absolute atomic E-state index is 0.0461. The van der Waals surface area contributed by atoms with Crippen molar-refractivity contribution in [2.45, 2.75) is 26.3 Å². The van der Waals surface area contributed by atoms with E-state index >= 15 is 0 Å². The van der Waals surface area contributed by atoms with Gasteiger partial charge in [0.2, 0.25) is 5.91 Å². The highest BCUT2D eigenvalue weighted by Gasteiger charge is 2.24. The van der Waals surface area contributed by atoms with Gasteiger partial charge in [-0.05, 0) is 55.3 Å². The van der Waals surface area contributed by atoms with Crippen molar-refractivity contribution in [1.82, 2.24) is 5.32 Å². The fourth-order valence-electron chi connectivity index (χ4n) is 4.47. The van der Waals surface area contributed by atoms with Gasteiger partial charge in [-0.25, -0.2) is 0 Å². The summed E-state index contributed by atoms with van der Waals surface area (Å²) >= 11 is 0. The first-order valence-corrected chi connectivity index (χ1v) is 13.1. The molecule has 1 fully saturated rings. The molecule has 1 atom stereocenters. The fraction of sp³-hybridized carbons (Fsp3) is 0.290. The van der Waals surface area contributed by atoms with Gasteiger partial charge < -0.3 is 25.2 Å². The number of para-hydroxylation sites is 2. The minimum atomic E-state index is -0.250. The average molecular weight is 513 g/mol. The number of benzene rings is 3. The number of piperazine rings is 1. The van der Waals surface area contributed by atoms with Gasteiger partial charge in [0.1, 0.15) is 5.75 Å². The highest BCUT2D eigenvalue weighted by molar-refractivity contribution is 6.05. The molecule has 1 aliphatic rings. The topological polar surface area (TPSA) is 73.9 Å². The summed E-state index contributed by atoms with van der Waals surface area (Å²) in [6.45, 7) is 7.15. The number of rotatable bonds is 9. The quantitative estimate of drug-likeness (QED) is 0.386. The van der Waals surface area contributed by atoms with Crippen LogP contribution in [0.2, 0.25) is 0 Å². The predicted octanol–water partition coefficient (Wildman–Crippen LogP) is 5.20. The van der Waals surface area contributed by atoms with Gasteiger partial charge in [0.25, 0.3) is 5.91 Å². The smallest absolute Gasteiger partial charge is 0.253 e. The first-order valence-electron chi connectivity index (χ1n) is 13.1. The van der Waals surface area contributed by atoms with E-state index in [1.807, 2.05) is 74.5 Å². The Morgan fingerprint density at radius 3 is 2.26 bits per heavy atom. The van der Waals surface area contributed by atoms with Crippen LogP contribution in [0.25, 0.3) is 6.08 Å². The third-order valence-corrected chi connectivity index (χ3v) is 6.77. The molecule has 0 bridgehead atoms. The van der Waals surface area contributed by atoms with Crippen LogP contribution in [-0.2, 0) is 4.79 Å². The maximum Gasteiger partial charge on any atom is 0.253 e. The minimum Gasteiger partial charge on any atom is -0.495 e. The number of carbonyl (C=O) groups is 2. The number of ether oxygens (including phenoxy) is 1. The van der Waals surface area contributed by atoms with Gasteiger partial charge in [-0.3, -0.25) is 9.59 Å². The lowest BCUT2D eigenvalue weighted by Crippen LogP contribution is -2.47. The lowest BCUT2D eigenvalue weighted by atomic mass is 10.1. The van der Waals surface area contributed by atoms with Crippen LogP contribution in [0.1, 0.15) is 36.2 Å². The van der Waals surface area contributed by atoms with Gasteiger partial charge in [0.15, 0.2) is 0 Å². The molecule has 0 spiro atoms. The van der Waals surface area contributed by atoms with Gasteiger partial charge in [-0.2, -0.15) is 0 Å². The molecule has 1 heterocycles. The Kier molecular flexibility index (Phi) is 9.03. The third kappa shape index (κ3) is 6.73. The molecule has 3 aromatic carbocycles. The third-order valence-electron chi connectivity index (χ3n) is 6.77.